The highest BCUT2D eigenvalue weighted by Gasteiger charge is 2.48. The highest BCUT2D eigenvalue weighted by atomic mass is 16.3. The summed E-state index contributed by atoms with van der Waals surface area (Å²) in [5.41, 5.74) is 1.49. The molecular weight excluding hydrogens is 338 g/mol. The van der Waals surface area contributed by atoms with Gasteiger partial charge in [0.1, 0.15) is 17.3 Å². The Morgan fingerprint density at radius 2 is 2.19 bits per heavy atom. The monoisotopic (exact) mass is 363 g/mol. The smallest absolute Gasteiger partial charge is 0.180 e. The molecule has 0 radical (unpaired) electrons. The first kappa shape index (κ1) is 17.9. The van der Waals surface area contributed by atoms with Crippen LogP contribution in [0.5, 0.6) is 0 Å². The first-order valence-electron chi connectivity index (χ1n) is 9.72. The van der Waals surface area contributed by atoms with Crippen LogP contribution < -0.4 is 4.90 Å². The molecule has 2 aromatic rings. The molecule has 0 unspecified atom stereocenters. The van der Waals surface area contributed by atoms with Crippen LogP contribution in [-0.2, 0) is 0 Å². The highest BCUT2D eigenvalue weighted by molar-refractivity contribution is 5.59. The Hall–Kier alpha value is -2.52. The largest absolute Gasteiger partial charge is 0.390 e. The zero-order chi connectivity index (χ0) is 19.0. The number of fused-ring (bicyclic) bond motifs is 1. The number of nitriles is 1. The Morgan fingerprint density at radius 1 is 1.33 bits per heavy atom. The van der Waals surface area contributed by atoms with E-state index in [1.54, 1.807) is 6.20 Å². The second-order valence-corrected chi connectivity index (χ2v) is 7.83. The Morgan fingerprint density at radius 3 is 2.93 bits per heavy atom. The summed E-state index contributed by atoms with van der Waals surface area (Å²) in [5, 5.41) is 20.6. The van der Waals surface area contributed by atoms with Crippen molar-refractivity contribution < 1.29 is 5.11 Å². The van der Waals surface area contributed by atoms with Crippen molar-refractivity contribution in [3.05, 3.63) is 35.7 Å². The quantitative estimate of drug-likeness (QED) is 0.902. The van der Waals surface area contributed by atoms with Crippen LogP contribution in [0.2, 0.25) is 0 Å². The van der Waals surface area contributed by atoms with Crippen LogP contribution in [0.4, 0.5) is 5.82 Å². The second-order valence-electron chi connectivity index (χ2n) is 7.83. The number of nitrogens with zero attached hydrogens (tertiary/aromatic N) is 5. The van der Waals surface area contributed by atoms with Crippen molar-refractivity contribution in [1.29, 1.82) is 5.26 Å². The summed E-state index contributed by atoms with van der Waals surface area (Å²) >= 11 is 0. The van der Waals surface area contributed by atoms with Crippen LogP contribution in [0.1, 0.15) is 43.9 Å². The maximum absolute atomic E-state index is 11.1. The molecule has 3 atom stereocenters. The number of rotatable bonds is 3. The van der Waals surface area contributed by atoms with Gasteiger partial charge >= 0.3 is 0 Å². The summed E-state index contributed by atoms with van der Waals surface area (Å²) in [5.74, 6) is 1.89. The zero-order valence-corrected chi connectivity index (χ0v) is 15.9. The number of aromatic nitrogens is 3. The molecule has 0 bridgehead atoms. The molecular formula is C21H25N5O. The van der Waals surface area contributed by atoms with Gasteiger partial charge in [0, 0.05) is 24.7 Å². The number of pyridine rings is 1. The molecule has 4 rings (SSSR count). The molecule has 1 aliphatic carbocycles. The minimum Gasteiger partial charge on any atom is -0.390 e. The molecule has 1 saturated carbocycles. The maximum atomic E-state index is 11.1. The van der Waals surface area contributed by atoms with Gasteiger partial charge in [0.15, 0.2) is 11.6 Å². The molecule has 3 heterocycles. The van der Waals surface area contributed by atoms with Gasteiger partial charge < -0.3 is 10.0 Å². The van der Waals surface area contributed by atoms with Gasteiger partial charge in [-0.3, -0.25) is 0 Å². The predicted octanol–water partition coefficient (Wildman–Crippen LogP) is 3.10. The Labute approximate surface area is 159 Å². The van der Waals surface area contributed by atoms with E-state index in [0.29, 0.717) is 28.8 Å². The minimum atomic E-state index is -0.599. The van der Waals surface area contributed by atoms with E-state index in [1.807, 2.05) is 25.1 Å². The van der Waals surface area contributed by atoms with Crippen LogP contribution >= 0.6 is 0 Å². The molecule has 0 amide bonds. The lowest BCUT2D eigenvalue weighted by molar-refractivity contribution is -0.0597. The van der Waals surface area contributed by atoms with Gasteiger partial charge in [0.05, 0.1) is 11.8 Å². The SMILES string of the molecule is CC[C@]1(O)CCC[C@H]2CN(c3nc(-c4cccc(C)n4)ncc3C#N)C[C@H]21. The molecule has 2 fully saturated rings. The van der Waals surface area contributed by atoms with Crippen LogP contribution in [0.3, 0.4) is 0 Å². The summed E-state index contributed by atoms with van der Waals surface area (Å²) in [7, 11) is 0. The molecule has 2 aromatic heterocycles. The number of hydrogen-bond donors (Lipinski definition) is 1. The molecule has 0 spiro atoms. The molecule has 1 N–H and O–H groups in total. The Kier molecular flexibility index (Phi) is 4.56. The third kappa shape index (κ3) is 3.17. The first-order valence-corrected chi connectivity index (χ1v) is 9.72. The lowest BCUT2D eigenvalue weighted by Gasteiger charge is -2.40. The van der Waals surface area contributed by atoms with Gasteiger partial charge in [0.2, 0.25) is 0 Å². The number of aliphatic hydroxyl groups is 1. The van der Waals surface area contributed by atoms with Crippen molar-refractivity contribution in [2.75, 3.05) is 18.0 Å². The Bertz CT molecular complexity index is 892. The molecule has 2 aliphatic rings. The van der Waals surface area contributed by atoms with E-state index < -0.39 is 5.60 Å². The number of anilines is 1. The lowest BCUT2D eigenvalue weighted by atomic mass is 9.69. The fourth-order valence-corrected chi connectivity index (χ4v) is 4.72. The topological polar surface area (TPSA) is 85.9 Å². The third-order valence-electron chi connectivity index (χ3n) is 6.23. The first-order chi connectivity index (χ1) is 13.0. The van der Waals surface area contributed by atoms with Crippen molar-refractivity contribution in [2.45, 2.75) is 45.1 Å². The van der Waals surface area contributed by atoms with Gasteiger partial charge in [-0.25, -0.2) is 15.0 Å². The summed E-state index contributed by atoms with van der Waals surface area (Å²) in [6.07, 6.45) is 5.42. The van der Waals surface area contributed by atoms with E-state index in [0.717, 1.165) is 44.5 Å². The zero-order valence-electron chi connectivity index (χ0n) is 15.9. The van der Waals surface area contributed by atoms with E-state index in [2.05, 4.69) is 27.9 Å². The van der Waals surface area contributed by atoms with Crippen LogP contribution in [0, 0.1) is 30.1 Å². The van der Waals surface area contributed by atoms with Gasteiger partial charge in [-0.2, -0.15) is 5.26 Å². The molecule has 140 valence electrons. The van der Waals surface area contributed by atoms with Crippen molar-refractivity contribution in [1.82, 2.24) is 15.0 Å². The molecule has 6 nitrogen and oxygen atoms in total. The predicted molar refractivity (Wildman–Crippen MR) is 103 cm³/mol. The van der Waals surface area contributed by atoms with Crippen molar-refractivity contribution in [3.63, 3.8) is 0 Å². The lowest BCUT2D eigenvalue weighted by Crippen LogP contribution is -2.44. The fraction of sp³-hybridized carbons (Fsp3) is 0.524. The van der Waals surface area contributed by atoms with Crippen molar-refractivity contribution in [3.8, 4) is 17.6 Å². The maximum Gasteiger partial charge on any atom is 0.180 e. The van der Waals surface area contributed by atoms with E-state index in [4.69, 9.17) is 4.98 Å². The summed E-state index contributed by atoms with van der Waals surface area (Å²) < 4.78 is 0. The van der Waals surface area contributed by atoms with Gasteiger partial charge in [-0.05, 0) is 44.2 Å². The minimum absolute atomic E-state index is 0.235. The number of hydrogen-bond acceptors (Lipinski definition) is 6. The van der Waals surface area contributed by atoms with Crippen LogP contribution in [0.25, 0.3) is 11.5 Å². The third-order valence-corrected chi connectivity index (χ3v) is 6.23. The van der Waals surface area contributed by atoms with E-state index in [1.165, 1.54) is 0 Å². The van der Waals surface area contributed by atoms with Gasteiger partial charge in [0.25, 0.3) is 0 Å². The molecule has 27 heavy (non-hydrogen) atoms. The van der Waals surface area contributed by atoms with Crippen molar-refractivity contribution >= 4 is 5.82 Å². The van der Waals surface area contributed by atoms with Crippen LogP contribution in [-0.4, -0.2) is 38.7 Å². The molecule has 1 aliphatic heterocycles. The summed E-state index contributed by atoms with van der Waals surface area (Å²) in [6.45, 7) is 5.57. The average Bonchev–Trinajstić information content (AvgIpc) is 3.13. The highest BCUT2D eigenvalue weighted by Crippen LogP contribution is 2.45. The molecule has 6 heteroatoms. The summed E-state index contributed by atoms with van der Waals surface area (Å²) in [6, 6.07) is 7.99. The van der Waals surface area contributed by atoms with E-state index >= 15 is 0 Å². The van der Waals surface area contributed by atoms with Gasteiger partial charge in [-0.1, -0.05) is 19.4 Å². The van der Waals surface area contributed by atoms with E-state index in [9.17, 15) is 10.4 Å². The average molecular weight is 363 g/mol. The van der Waals surface area contributed by atoms with E-state index in [-0.39, 0.29) is 5.92 Å². The van der Waals surface area contributed by atoms with Crippen molar-refractivity contribution in [2.24, 2.45) is 11.8 Å². The normalized spacial score (nSPS) is 27.3. The number of aryl methyl sites for hydroxylation is 1. The molecule has 0 aromatic carbocycles. The van der Waals surface area contributed by atoms with Gasteiger partial charge in [-0.15, -0.1) is 0 Å². The second kappa shape index (κ2) is 6.90. The standard InChI is InChI=1S/C21H25N5O/c1-3-21(27)9-5-7-15-12-26(13-17(15)21)20-16(10-22)11-23-19(25-20)18-8-4-6-14(2)24-18/h4,6,8,11,15,17,27H,3,5,7,9,12-13H2,1-2H3/t15-,17+,21-/m0/s1. The molecule has 1 saturated heterocycles. The Balaban J connectivity index is 1.69. The summed E-state index contributed by atoms with van der Waals surface area (Å²) in [4.78, 5) is 15.7. The van der Waals surface area contributed by atoms with Crippen LogP contribution in [0.15, 0.2) is 24.4 Å². The fourth-order valence-electron chi connectivity index (χ4n) is 4.72.